The summed E-state index contributed by atoms with van der Waals surface area (Å²) in [5.41, 5.74) is 2.59. The van der Waals surface area contributed by atoms with Gasteiger partial charge < -0.3 is 9.64 Å². The molecule has 0 aromatic heterocycles. The van der Waals surface area contributed by atoms with Crippen LogP contribution in [0.3, 0.4) is 0 Å². The van der Waals surface area contributed by atoms with Crippen molar-refractivity contribution in [2.75, 3.05) is 33.3 Å². The number of methoxy groups -OCH3 is 1. The predicted octanol–water partition coefficient (Wildman–Crippen LogP) is 4.21. The highest BCUT2D eigenvalue weighted by Gasteiger charge is 2.38. The Bertz CT molecular complexity index is 770. The van der Waals surface area contributed by atoms with Gasteiger partial charge in [0.2, 0.25) is 0 Å². The number of carbonyl (C=O) groups is 1. The maximum atomic E-state index is 12.8. The van der Waals surface area contributed by atoms with Crippen molar-refractivity contribution in [3.05, 3.63) is 65.7 Å². The molecule has 2 aliphatic rings. The largest absolute Gasteiger partial charge is 0.497 e. The van der Waals surface area contributed by atoms with Crippen LogP contribution in [0.15, 0.2) is 54.6 Å². The number of hydrogen-bond acceptors (Lipinski definition) is 3. The molecule has 0 bridgehead atoms. The van der Waals surface area contributed by atoms with E-state index in [0.717, 1.165) is 43.8 Å². The maximum absolute atomic E-state index is 12.8. The first-order chi connectivity index (χ1) is 13.7. The second-order valence-electron chi connectivity index (χ2n) is 8.28. The molecule has 28 heavy (non-hydrogen) atoms. The first-order valence-electron chi connectivity index (χ1n) is 10.4. The smallest absolute Gasteiger partial charge is 0.253 e. The Kier molecular flexibility index (Phi) is 5.67. The number of amides is 1. The van der Waals surface area contributed by atoms with Crippen LogP contribution in [0, 0.1) is 5.41 Å². The lowest BCUT2D eigenvalue weighted by Crippen LogP contribution is -2.48. The standard InChI is InChI=1S/C24H30N2O2/c1-28-22-9-7-21(8-10-22)23(27)26-17-13-24(14-18-26)11-15-25(16-12-24)19-20-5-3-2-4-6-20/h2-10H,11-19H2,1H3. The Balaban J connectivity index is 1.28. The molecule has 2 heterocycles. The van der Waals surface area contributed by atoms with Crippen molar-refractivity contribution in [3.63, 3.8) is 0 Å². The van der Waals surface area contributed by atoms with Gasteiger partial charge in [-0.25, -0.2) is 0 Å². The van der Waals surface area contributed by atoms with E-state index in [9.17, 15) is 4.79 Å². The molecule has 4 rings (SSSR count). The van der Waals surface area contributed by atoms with E-state index in [4.69, 9.17) is 4.74 Å². The highest BCUT2D eigenvalue weighted by Crippen LogP contribution is 2.41. The van der Waals surface area contributed by atoms with Gasteiger partial charge in [0.25, 0.3) is 5.91 Å². The van der Waals surface area contributed by atoms with Gasteiger partial charge in [-0.2, -0.15) is 0 Å². The molecule has 148 valence electrons. The van der Waals surface area contributed by atoms with Crippen molar-refractivity contribution in [3.8, 4) is 5.75 Å². The minimum atomic E-state index is 0.152. The third-order valence-electron chi connectivity index (χ3n) is 6.61. The minimum Gasteiger partial charge on any atom is -0.497 e. The van der Waals surface area contributed by atoms with E-state index in [1.54, 1.807) is 7.11 Å². The van der Waals surface area contributed by atoms with Crippen LogP contribution in [-0.2, 0) is 6.54 Å². The summed E-state index contributed by atoms with van der Waals surface area (Å²) < 4.78 is 5.19. The maximum Gasteiger partial charge on any atom is 0.253 e. The van der Waals surface area contributed by atoms with Crippen molar-refractivity contribution in [1.82, 2.24) is 9.80 Å². The monoisotopic (exact) mass is 378 g/mol. The van der Waals surface area contributed by atoms with Crippen molar-refractivity contribution in [2.24, 2.45) is 5.41 Å². The average molecular weight is 379 g/mol. The Labute approximate surface area is 168 Å². The summed E-state index contributed by atoms with van der Waals surface area (Å²) in [5.74, 6) is 0.940. The Morgan fingerprint density at radius 1 is 0.893 bits per heavy atom. The van der Waals surface area contributed by atoms with E-state index < -0.39 is 0 Å². The fourth-order valence-electron chi connectivity index (χ4n) is 4.63. The third kappa shape index (κ3) is 4.22. The van der Waals surface area contributed by atoms with Gasteiger partial charge in [0.05, 0.1) is 7.11 Å². The number of carbonyl (C=O) groups excluding carboxylic acids is 1. The van der Waals surface area contributed by atoms with Gasteiger partial charge in [-0.15, -0.1) is 0 Å². The molecule has 1 spiro atoms. The lowest BCUT2D eigenvalue weighted by atomic mass is 9.71. The normalized spacial score (nSPS) is 19.5. The van der Waals surface area contributed by atoms with E-state index in [-0.39, 0.29) is 5.91 Å². The molecule has 0 saturated carbocycles. The number of ether oxygens (including phenoxy) is 1. The molecule has 2 fully saturated rings. The number of rotatable bonds is 4. The summed E-state index contributed by atoms with van der Waals surface area (Å²) in [6, 6.07) is 18.2. The van der Waals surface area contributed by atoms with Crippen molar-refractivity contribution >= 4 is 5.91 Å². The third-order valence-corrected chi connectivity index (χ3v) is 6.61. The zero-order valence-corrected chi connectivity index (χ0v) is 16.8. The number of hydrogen-bond donors (Lipinski definition) is 0. The van der Waals surface area contributed by atoms with E-state index in [0.29, 0.717) is 5.41 Å². The molecule has 4 heteroatoms. The molecule has 0 unspecified atom stereocenters. The predicted molar refractivity (Wildman–Crippen MR) is 112 cm³/mol. The van der Waals surface area contributed by atoms with Crippen LogP contribution in [0.5, 0.6) is 5.75 Å². The second kappa shape index (κ2) is 8.36. The fourth-order valence-corrected chi connectivity index (χ4v) is 4.63. The van der Waals surface area contributed by atoms with Gasteiger partial charge >= 0.3 is 0 Å². The quantitative estimate of drug-likeness (QED) is 0.799. The van der Waals surface area contributed by atoms with Crippen LogP contribution in [-0.4, -0.2) is 49.0 Å². The molecule has 2 aromatic rings. The van der Waals surface area contributed by atoms with Crippen molar-refractivity contribution in [2.45, 2.75) is 32.2 Å². The van der Waals surface area contributed by atoms with Crippen LogP contribution in [0.25, 0.3) is 0 Å². The Hall–Kier alpha value is -2.33. The number of benzene rings is 2. The molecule has 0 radical (unpaired) electrons. The lowest BCUT2D eigenvalue weighted by Gasteiger charge is -2.47. The Morgan fingerprint density at radius 2 is 1.50 bits per heavy atom. The summed E-state index contributed by atoms with van der Waals surface area (Å²) in [6.07, 6.45) is 4.77. The molecule has 0 atom stereocenters. The molecular formula is C24H30N2O2. The van der Waals surface area contributed by atoms with Crippen LogP contribution in [0.2, 0.25) is 0 Å². The average Bonchev–Trinajstić information content (AvgIpc) is 2.76. The minimum absolute atomic E-state index is 0.152. The van der Waals surface area contributed by atoms with Gasteiger partial charge in [0, 0.05) is 25.2 Å². The topological polar surface area (TPSA) is 32.8 Å². The fraction of sp³-hybridized carbons (Fsp3) is 0.458. The van der Waals surface area contributed by atoms with Crippen LogP contribution in [0.4, 0.5) is 0 Å². The zero-order chi connectivity index (χ0) is 19.4. The lowest BCUT2D eigenvalue weighted by molar-refractivity contribution is 0.0285. The highest BCUT2D eigenvalue weighted by molar-refractivity contribution is 5.94. The molecule has 4 nitrogen and oxygen atoms in total. The summed E-state index contributed by atoms with van der Waals surface area (Å²) in [5, 5.41) is 0. The second-order valence-corrected chi connectivity index (χ2v) is 8.28. The van der Waals surface area contributed by atoms with Crippen LogP contribution < -0.4 is 4.74 Å². The van der Waals surface area contributed by atoms with E-state index in [1.807, 2.05) is 29.2 Å². The van der Waals surface area contributed by atoms with E-state index in [1.165, 1.54) is 31.5 Å². The zero-order valence-electron chi connectivity index (χ0n) is 16.8. The SMILES string of the molecule is COc1ccc(C(=O)N2CCC3(CCN(Cc4ccccc4)CC3)CC2)cc1. The van der Waals surface area contributed by atoms with Crippen LogP contribution in [0.1, 0.15) is 41.6 Å². The van der Waals surface area contributed by atoms with E-state index in [2.05, 4.69) is 35.2 Å². The van der Waals surface area contributed by atoms with Crippen molar-refractivity contribution < 1.29 is 9.53 Å². The van der Waals surface area contributed by atoms with Gasteiger partial charge in [0.15, 0.2) is 0 Å². The Morgan fingerprint density at radius 3 is 2.11 bits per heavy atom. The summed E-state index contributed by atoms with van der Waals surface area (Å²) >= 11 is 0. The van der Waals surface area contributed by atoms with E-state index >= 15 is 0 Å². The number of nitrogens with zero attached hydrogens (tertiary/aromatic N) is 2. The first-order valence-corrected chi connectivity index (χ1v) is 10.4. The molecule has 2 aliphatic heterocycles. The molecule has 2 saturated heterocycles. The van der Waals surface area contributed by atoms with Gasteiger partial charge in [0.1, 0.15) is 5.75 Å². The highest BCUT2D eigenvalue weighted by atomic mass is 16.5. The number of likely N-dealkylation sites (tertiary alicyclic amines) is 2. The molecular weight excluding hydrogens is 348 g/mol. The van der Waals surface area contributed by atoms with Gasteiger partial charge in [-0.3, -0.25) is 9.69 Å². The first kappa shape index (κ1) is 19.0. The molecule has 1 amide bonds. The number of piperidine rings is 2. The summed E-state index contributed by atoms with van der Waals surface area (Å²) in [7, 11) is 1.64. The van der Waals surface area contributed by atoms with Gasteiger partial charge in [-0.1, -0.05) is 30.3 Å². The summed E-state index contributed by atoms with van der Waals surface area (Å²) in [4.78, 5) is 17.4. The van der Waals surface area contributed by atoms with Crippen molar-refractivity contribution in [1.29, 1.82) is 0 Å². The van der Waals surface area contributed by atoms with Crippen LogP contribution >= 0.6 is 0 Å². The molecule has 2 aromatic carbocycles. The van der Waals surface area contributed by atoms with Gasteiger partial charge in [-0.05, 0) is 74.0 Å². The molecule has 0 N–H and O–H groups in total. The molecule has 0 aliphatic carbocycles. The summed E-state index contributed by atoms with van der Waals surface area (Å²) in [6.45, 7) is 5.15.